The minimum absolute atomic E-state index is 0.225. The fourth-order valence-corrected chi connectivity index (χ4v) is 3.42. The van der Waals surface area contributed by atoms with Crippen molar-refractivity contribution < 1.29 is 0 Å². The summed E-state index contributed by atoms with van der Waals surface area (Å²) in [5.74, 6) is 0. The minimum atomic E-state index is 0.225. The Morgan fingerprint density at radius 1 is 1.30 bits per heavy atom. The smallest absolute Gasteiger partial charge is 0.0402 e. The maximum Gasteiger partial charge on any atom is 0.0402 e. The summed E-state index contributed by atoms with van der Waals surface area (Å²) in [4.78, 5) is 2.66. The average Bonchev–Trinajstić information content (AvgIpc) is 2.63. The number of anilines is 1. The van der Waals surface area contributed by atoms with Gasteiger partial charge in [0.05, 0.1) is 0 Å². The molecule has 0 saturated carbocycles. The van der Waals surface area contributed by atoms with E-state index in [4.69, 9.17) is 5.73 Å². The standard InChI is InChI=1S/C18H30N2/c1-4-17-8-6-5-7-11-20(17)18-10-9-14(2)12-16(18)13-15(3)19/h9-10,12,15,17H,4-8,11,13,19H2,1-3H3. The molecule has 112 valence electrons. The van der Waals surface area contributed by atoms with Crippen LogP contribution in [0.5, 0.6) is 0 Å². The molecule has 0 radical (unpaired) electrons. The summed E-state index contributed by atoms with van der Waals surface area (Å²) in [5.41, 5.74) is 10.3. The van der Waals surface area contributed by atoms with Crippen LogP contribution in [0.3, 0.4) is 0 Å². The summed E-state index contributed by atoms with van der Waals surface area (Å²) in [6, 6.07) is 7.82. The molecule has 2 unspecified atom stereocenters. The van der Waals surface area contributed by atoms with Crippen molar-refractivity contribution in [3.8, 4) is 0 Å². The Balaban J connectivity index is 2.32. The number of hydrogen-bond acceptors (Lipinski definition) is 2. The van der Waals surface area contributed by atoms with E-state index in [-0.39, 0.29) is 6.04 Å². The van der Waals surface area contributed by atoms with Crippen molar-refractivity contribution >= 4 is 5.69 Å². The molecule has 1 aromatic rings. The first kappa shape index (κ1) is 15.4. The van der Waals surface area contributed by atoms with Crippen LogP contribution in [0.25, 0.3) is 0 Å². The van der Waals surface area contributed by atoms with Crippen molar-refractivity contribution in [2.24, 2.45) is 5.73 Å². The van der Waals surface area contributed by atoms with Crippen molar-refractivity contribution in [1.82, 2.24) is 0 Å². The second-order valence-corrected chi connectivity index (χ2v) is 6.42. The first-order valence-corrected chi connectivity index (χ1v) is 8.23. The van der Waals surface area contributed by atoms with E-state index in [0.29, 0.717) is 6.04 Å². The van der Waals surface area contributed by atoms with Crippen LogP contribution in [-0.4, -0.2) is 18.6 Å². The maximum atomic E-state index is 6.05. The van der Waals surface area contributed by atoms with Gasteiger partial charge in [-0.05, 0) is 51.2 Å². The Bertz CT molecular complexity index is 425. The van der Waals surface area contributed by atoms with E-state index in [1.807, 2.05) is 0 Å². The maximum absolute atomic E-state index is 6.05. The third kappa shape index (κ3) is 3.76. The van der Waals surface area contributed by atoms with Crippen molar-refractivity contribution in [2.75, 3.05) is 11.4 Å². The monoisotopic (exact) mass is 274 g/mol. The van der Waals surface area contributed by atoms with Crippen LogP contribution in [0.15, 0.2) is 18.2 Å². The number of benzene rings is 1. The molecule has 1 aliphatic heterocycles. The second-order valence-electron chi connectivity index (χ2n) is 6.42. The first-order chi connectivity index (χ1) is 9.61. The van der Waals surface area contributed by atoms with E-state index in [1.54, 1.807) is 0 Å². The van der Waals surface area contributed by atoms with Crippen LogP contribution < -0.4 is 10.6 Å². The van der Waals surface area contributed by atoms with Gasteiger partial charge in [0.15, 0.2) is 0 Å². The first-order valence-electron chi connectivity index (χ1n) is 8.23. The van der Waals surface area contributed by atoms with Gasteiger partial charge in [-0.15, -0.1) is 0 Å². The van der Waals surface area contributed by atoms with E-state index >= 15 is 0 Å². The summed E-state index contributed by atoms with van der Waals surface area (Å²) < 4.78 is 0. The highest BCUT2D eigenvalue weighted by molar-refractivity contribution is 5.56. The predicted molar refractivity (Wildman–Crippen MR) is 88.4 cm³/mol. The number of nitrogens with two attached hydrogens (primary N) is 1. The van der Waals surface area contributed by atoms with E-state index in [0.717, 1.165) is 6.42 Å². The molecule has 2 nitrogen and oxygen atoms in total. The lowest BCUT2D eigenvalue weighted by Gasteiger charge is -2.33. The molecule has 0 bridgehead atoms. The van der Waals surface area contributed by atoms with Gasteiger partial charge in [0, 0.05) is 24.3 Å². The van der Waals surface area contributed by atoms with Crippen LogP contribution in [0.2, 0.25) is 0 Å². The van der Waals surface area contributed by atoms with Crippen LogP contribution >= 0.6 is 0 Å². The summed E-state index contributed by atoms with van der Waals surface area (Å²) >= 11 is 0. The number of hydrogen-bond donors (Lipinski definition) is 1. The third-order valence-corrected chi connectivity index (χ3v) is 4.43. The van der Waals surface area contributed by atoms with E-state index in [9.17, 15) is 0 Å². The lowest BCUT2D eigenvalue weighted by Crippen LogP contribution is -2.35. The predicted octanol–water partition coefficient (Wildman–Crippen LogP) is 4.04. The molecule has 1 aromatic carbocycles. The van der Waals surface area contributed by atoms with Gasteiger partial charge in [0.25, 0.3) is 0 Å². The fraction of sp³-hybridized carbons (Fsp3) is 0.667. The average molecular weight is 274 g/mol. The highest BCUT2D eigenvalue weighted by Crippen LogP contribution is 2.30. The van der Waals surface area contributed by atoms with Gasteiger partial charge in [-0.25, -0.2) is 0 Å². The summed E-state index contributed by atoms with van der Waals surface area (Å²) in [6.07, 6.45) is 7.63. The molecule has 0 aliphatic carbocycles. The SMILES string of the molecule is CCC1CCCCCN1c1ccc(C)cc1CC(C)N. The van der Waals surface area contributed by atoms with Gasteiger partial charge in [-0.3, -0.25) is 0 Å². The summed E-state index contributed by atoms with van der Waals surface area (Å²) in [7, 11) is 0. The van der Waals surface area contributed by atoms with Crippen molar-refractivity contribution in [1.29, 1.82) is 0 Å². The zero-order valence-electron chi connectivity index (χ0n) is 13.4. The molecule has 2 N–H and O–H groups in total. The van der Waals surface area contributed by atoms with Crippen molar-refractivity contribution in [3.63, 3.8) is 0 Å². The molecule has 0 aromatic heterocycles. The van der Waals surface area contributed by atoms with E-state index < -0.39 is 0 Å². The lowest BCUT2D eigenvalue weighted by atomic mass is 10.00. The third-order valence-electron chi connectivity index (χ3n) is 4.43. The molecular weight excluding hydrogens is 244 g/mol. The van der Waals surface area contributed by atoms with Gasteiger partial charge < -0.3 is 10.6 Å². The number of rotatable bonds is 4. The summed E-state index contributed by atoms with van der Waals surface area (Å²) in [5, 5.41) is 0. The zero-order valence-corrected chi connectivity index (χ0v) is 13.4. The highest BCUT2D eigenvalue weighted by Gasteiger charge is 2.22. The normalized spacial score (nSPS) is 21.6. The Labute approximate surface area is 124 Å². The molecule has 1 heterocycles. The van der Waals surface area contributed by atoms with Gasteiger partial charge in [-0.1, -0.05) is 37.5 Å². The van der Waals surface area contributed by atoms with Crippen LogP contribution in [-0.2, 0) is 6.42 Å². The number of aryl methyl sites for hydroxylation is 1. The van der Waals surface area contributed by atoms with Crippen molar-refractivity contribution in [2.45, 2.75) is 71.4 Å². The molecule has 20 heavy (non-hydrogen) atoms. The van der Waals surface area contributed by atoms with Gasteiger partial charge in [0.2, 0.25) is 0 Å². The van der Waals surface area contributed by atoms with Crippen LogP contribution in [0.4, 0.5) is 5.69 Å². The largest absolute Gasteiger partial charge is 0.368 e. The minimum Gasteiger partial charge on any atom is -0.368 e. The highest BCUT2D eigenvalue weighted by atomic mass is 15.2. The number of nitrogens with zero attached hydrogens (tertiary/aromatic N) is 1. The van der Waals surface area contributed by atoms with Gasteiger partial charge in [-0.2, -0.15) is 0 Å². The van der Waals surface area contributed by atoms with E-state index in [1.165, 1.54) is 55.5 Å². The lowest BCUT2D eigenvalue weighted by molar-refractivity contribution is 0.554. The fourth-order valence-electron chi connectivity index (χ4n) is 3.42. The Morgan fingerprint density at radius 3 is 2.80 bits per heavy atom. The van der Waals surface area contributed by atoms with Crippen LogP contribution in [0.1, 0.15) is 57.1 Å². The van der Waals surface area contributed by atoms with Crippen molar-refractivity contribution in [3.05, 3.63) is 29.3 Å². The van der Waals surface area contributed by atoms with Gasteiger partial charge >= 0.3 is 0 Å². The molecule has 1 aliphatic rings. The Morgan fingerprint density at radius 2 is 2.10 bits per heavy atom. The quantitative estimate of drug-likeness (QED) is 0.897. The topological polar surface area (TPSA) is 29.3 Å². The molecule has 0 amide bonds. The molecule has 2 heteroatoms. The molecule has 1 fully saturated rings. The molecular formula is C18H30N2. The van der Waals surface area contributed by atoms with Gasteiger partial charge in [0.1, 0.15) is 0 Å². The summed E-state index contributed by atoms with van der Waals surface area (Å²) in [6.45, 7) is 7.80. The molecule has 1 saturated heterocycles. The molecule has 2 atom stereocenters. The van der Waals surface area contributed by atoms with E-state index in [2.05, 4.69) is 43.9 Å². The second kappa shape index (κ2) is 7.12. The Kier molecular flexibility index (Phi) is 5.47. The van der Waals surface area contributed by atoms with Crippen LogP contribution in [0, 0.1) is 6.92 Å². The zero-order chi connectivity index (χ0) is 14.5. The molecule has 2 rings (SSSR count). The molecule has 0 spiro atoms. The Hall–Kier alpha value is -1.02.